The van der Waals surface area contributed by atoms with E-state index in [9.17, 15) is 9.59 Å². The second kappa shape index (κ2) is 8.88. The van der Waals surface area contributed by atoms with Gasteiger partial charge in [0.2, 0.25) is 0 Å². The standard InChI is InChI=1S/C15H18ClN3O2/c1-3-5-9-18-15(21)19-11-6-7-12(13(16)10-11)14(20)17-8-4-2/h6-7,10H,4,8-9H2,1-2H3,(H,17,20)(H2,18,19,21). The molecule has 21 heavy (non-hydrogen) atoms. The van der Waals surface area contributed by atoms with Gasteiger partial charge in [0.25, 0.3) is 5.91 Å². The SMILES string of the molecule is CC#CCNC(=O)Nc1ccc(C(=O)NCCC)c(Cl)c1. The number of hydrogen-bond acceptors (Lipinski definition) is 2. The highest BCUT2D eigenvalue weighted by Gasteiger charge is 2.11. The van der Waals surface area contributed by atoms with Crippen molar-refractivity contribution < 1.29 is 9.59 Å². The molecule has 0 bridgehead atoms. The summed E-state index contributed by atoms with van der Waals surface area (Å²) in [6.45, 7) is 4.53. The Hall–Kier alpha value is -2.19. The zero-order chi connectivity index (χ0) is 15.7. The molecule has 5 nitrogen and oxygen atoms in total. The van der Waals surface area contributed by atoms with E-state index in [4.69, 9.17) is 11.6 Å². The third-order valence-corrected chi connectivity index (χ3v) is 2.83. The molecule has 0 saturated heterocycles. The van der Waals surface area contributed by atoms with Crippen LogP contribution in [-0.4, -0.2) is 25.0 Å². The molecule has 6 heteroatoms. The second-order valence-electron chi connectivity index (χ2n) is 4.18. The van der Waals surface area contributed by atoms with Crippen LogP contribution in [0.4, 0.5) is 10.5 Å². The third-order valence-electron chi connectivity index (χ3n) is 2.52. The topological polar surface area (TPSA) is 70.2 Å². The van der Waals surface area contributed by atoms with E-state index in [2.05, 4.69) is 27.8 Å². The van der Waals surface area contributed by atoms with Crippen molar-refractivity contribution in [1.29, 1.82) is 0 Å². The Morgan fingerprint density at radius 3 is 2.67 bits per heavy atom. The van der Waals surface area contributed by atoms with Crippen molar-refractivity contribution in [2.24, 2.45) is 0 Å². The van der Waals surface area contributed by atoms with Crippen molar-refractivity contribution in [1.82, 2.24) is 10.6 Å². The summed E-state index contributed by atoms with van der Waals surface area (Å²) in [4.78, 5) is 23.4. The van der Waals surface area contributed by atoms with Gasteiger partial charge in [0.15, 0.2) is 0 Å². The van der Waals surface area contributed by atoms with Gasteiger partial charge < -0.3 is 16.0 Å². The molecule has 3 N–H and O–H groups in total. The van der Waals surface area contributed by atoms with E-state index in [1.165, 1.54) is 6.07 Å². The molecule has 0 aliphatic heterocycles. The minimum Gasteiger partial charge on any atom is -0.352 e. The van der Waals surface area contributed by atoms with Crippen molar-refractivity contribution in [3.63, 3.8) is 0 Å². The van der Waals surface area contributed by atoms with Crippen molar-refractivity contribution >= 4 is 29.2 Å². The van der Waals surface area contributed by atoms with Crippen LogP contribution in [0.1, 0.15) is 30.6 Å². The summed E-state index contributed by atoms with van der Waals surface area (Å²) in [7, 11) is 0. The van der Waals surface area contributed by atoms with Gasteiger partial charge in [0.1, 0.15) is 0 Å². The van der Waals surface area contributed by atoms with Crippen molar-refractivity contribution in [3.8, 4) is 11.8 Å². The Labute approximate surface area is 129 Å². The van der Waals surface area contributed by atoms with Crippen LogP contribution in [0.15, 0.2) is 18.2 Å². The van der Waals surface area contributed by atoms with Crippen molar-refractivity contribution in [2.75, 3.05) is 18.4 Å². The number of urea groups is 1. The second-order valence-corrected chi connectivity index (χ2v) is 4.59. The number of rotatable bonds is 5. The lowest BCUT2D eigenvalue weighted by Gasteiger charge is -2.09. The van der Waals surface area contributed by atoms with Gasteiger partial charge in [-0.2, -0.15) is 0 Å². The number of benzene rings is 1. The summed E-state index contributed by atoms with van der Waals surface area (Å²) in [5.41, 5.74) is 0.891. The molecule has 0 unspecified atom stereocenters. The summed E-state index contributed by atoms with van der Waals surface area (Å²) in [5, 5.41) is 8.22. The molecule has 0 radical (unpaired) electrons. The molecule has 0 aliphatic rings. The van der Waals surface area contributed by atoms with Gasteiger partial charge in [-0.25, -0.2) is 4.79 Å². The summed E-state index contributed by atoms with van der Waals surface area (Å²) in [5.74, 6) is 5.17. The number of nitrogens with one attached hydrogen (secondary N) is 3. The molecule has 0 heterocycles. The van der Waals surface area contributed by atoms with Crippen LogP contribution >= 0.6 is 11.6 Å². The molecule has 1 aromatic carbocycles. The maximum atomic E-state index is 11.8. The highest BCUT2D eigenvalue weighted by molar-refractivity contribution is 6.34. The molecule has 0 aliphatic carbocycles. The number of carbonyl (C=O) groups excluding carboxylic acids is 2. The van der Waals surface area contributed by atoms with Crippen LogP contribution in [0.25, 0.3) is 0 Å². The average molecular weight is 308 g/mol. The minimum atomic E-state index is -0.378. The van der Waals surface area contributed by atoms with E-state index in [1.807, 2.05) is 6.92 Å². The lowest BCUT2D eigenvalue weighted by Crippen LogP contribution is -2.29. The maximum Gasteiger partial charge on any atom is 0.319 e. The minimum absolute atomic E-state index is 0.226. The summed E-state index contributed by atoms with van der Waals surface area (Å²) in [6, 6.07) is 4.36. The maximum absolute atomic E-state index is 11.8. The summed E-state index contributed by atoms with van der Waals surface area (Å²) in [6.07, 6.45) is 0.851. The molecule has 0 saturated carbocycles. The van der Waals surface area contributed by atoms with Gasteiger partial charge in [-0.1, -0.05) is 24.4 Å². The first kappa shape index (κ1) is 16.9. The van der Waals surface area contributed by atoms with Crippen LogP contribution in [-0.2, 0) is 0 Å². The smallest absolute Gasteiger partial charge is 0.319 e. The molecule has 0 atom stereocenters. The molecule has 0 aromatic heterocycles. The van der Waals surface area contributed by atoms with Gasteiger partial charge in [-0.3, -0.25) is 4.79 Å². The fourth-order valence-electron chi connectivity index (χ4n) is 1.50. The zero-order valence-electron chi connectivity index (χ0n) is 12.0. The molecular formula is C15H18ClN3O2. The number of amides is 3. The Morgan fingerprint density at radius 1 is 1.29 bits per heavy atom. The first-order valence-corrected chi connectivity index (χ1v) is 6.98. The van der Waals surface area contributed by atoms with Gasteiger partial charge in [0, 0.05) is 12.2 Å². The number of halogens is 1. The third kappa shape index (κ3) is 5.76. The number of hydrogen-bond donors (Lipinski definition) is 3. The first-order chi connectivity index (χ1) is 10.1. The van der Waals surface area contributed by atoms with Crippen LogP contribution in [0.5, 0.6) is 0 Å². The highest BCUT2D eigenvalue weighted by atomic mass is 35.5. The Bertz CT molecular complexity index is 576. The van der Waals surface area contributed by atoms with Gasteiger partial charge >= 0.3 is 6.03 Å². The van der Waals surface area contributed by atoms with Crippen LogP contribution in [0.3, 0.4) is 0 Å². The van der Waals surface area contributed by atoms with E-state index in [1.54, 1.807) is 19.1 Å². The Balaban J connectivity index is 2.66. The first-order valence-electron chi connectivity index (χ1n) is 6.60. The van der Waals surface area contributed by atoms with Crippen molar-refractivity contribution in [2.45, 2.75) is 20.3 Å². The van der Waals surface area contributed by atoms with Crippen LogP contribution in [0, 0.1) is 11.8 Å². The largest absolute Gasteiger partial charge is 0.352 e. The number of carbonyl (C=O) groups is 2. The molecule has 0 fully saturated rings. The van der Waals surface area contributed by atoms with E-state index < -0.39 is 0 Å². The normalized spacial score (nSPS) is 9.29. The predicted octanol–water partition coefficient (Wildman–Crippen LogP) is 2.62. The molecule has 1 aromatic rings. The predicted molar refractivity (Wildman–Crippen MR) is 84.5 cm³/mol. The average Bonchev–Trinajstić information content (AvgIpc) is 2.45. The molecular weight excluding hydrogens is 290 g/mol. The lowest BCUT2D eigenvalue weighted by molar-refractivity contribution is 0.0954. The summed E-state index contributed by atoms with van der Waals surface area (Å²) >= 11 is 6.06. The molecule has 112 valence electrons. The van der Waals surface area contributed by atoms with E-state index in [-0.39, 0.29) is 23.5 Å². The fourth-order valence-corrected chi connectivity index (χ4v) is 1.77. The Kier molecular flexibility index (Phi) is 7.13. The summed E-state index contributed by atoms with van der Waals surface area (Å²) < 4.78 is 0. The van der Waals surface area contributed by atoms with Gasteiger partial charge in [0.05, 0.1) is 17.1 Å². The quantitative estimate of drug-likeness (QED) is 0.732. The Morgan fingerprint density at radius 2 is 2.05 bits per heavy atom. The zero-order valence-corrected chi connectivity index (χ0v) is 12.8. The monoisotopic (exact) mass is 307 g/mol. The van der Waals surface area contributed by atoms with Gasteiger partial charge in [-0.05, 0) is 31.5 Å². The fraction of sp³-hybridized carbons (Fsp3) is 0.333. The number of anilines is 1. The van der Waals surface area contributed by atoms with E-state index >= 15 is 0 Å². The van der Waals surface area contributed by atoms with Gasteiger partial charge in [-0.15, -0.1) is 5.92 Å². The van der Waals surface area contributed by atoms with Crippen LogP contribution in [0.2, 0.25) is 5.02 Å². The van der Waals surface area contributed by atoms with Crippen molar-refractivity contribution in [3.05, 3.63) is 28.8 Å². The molecule has 3 amide bonds. The van der Waals surface area contributed by atoms with Crippen LogP contribution < -0.4 is 16.0 Å². The molecule has 0 spiro atoms. The lowest BCUT2D eigenvalue weighted by atomic mass is 10.2. The van der Waals surface area contributed by atoms with E-state index in [0.29, 0.717) is 17.8 Å². The van der Waals surface area contributed by atoms with E-state index in [0.717, 1.165) is 6.42 Å². The molecule has 1 rings (SSSR count). The highest BCUT2D eigenvalue weighted by Crippen LogP contribution is 2.21.